The molecule has 158 valence electrons. The number of furan rings is 1. The molecule has 0 radical (unpaired) electrons. The van der Waals surface area contributed by atoms with Gasteiger partial charge in [0.25, 0.3) is 11.8 Å². The van der Waals surface area contributed by atoms with Gasteiger partial charge in [-0.2, -0.15) is 0 Å². The van der Waals surface area contributed by atoms with Gasteiger partial charge in [0.1, 0.15) is 17.2 Å². The first kappa shape index (κ1) is 20.8. The van der Waals surface area contributed by atoms with Crippen LogP contribution in [0, 0.1) is 0 Å². The van der Waals surface area contributed by atoms with E-state index >= 15 is 0 Å². The van der Waals surface area contributed by atoms with Gasteiger partial charge in [-0.25, -0.2) is 0 Å². The van der Waals surface area contributed by atoms with Crippen LogP contribution in [-0.4, -0.2) is 23.3 Å². The maximum Gasteiger partial charge on any atom is 0.278 e. The molecule has 6 nitrogen and oxygen atoms in total. The Kier molecular flexibility index (Phi) is 6.09. The first-order valence-electron chi connectivity index (χ1n) is 9.95. The lowest BCUT2D eigenvalue weighted by atomic mass is 10.0. The second-order valence-corrected chi connectivity index (χ2v) is 7.47. The molecule has 7 heteroatoms. The van der Waals surface area contributed by atoms with E-state index in [2.05, 4.69) is 5.32 Å². The van der Waals surface area contributed by atoms with Crippen LogP contribution in [0.3, 0.4) is 0 Å². The van der Waals surface area contributed by atoms with Crippen LogP contribution in [0.15, 0.2) is 77.0 Å². The number of carbonyl (C=O) groups is 2. The molecule has 2 amide bonds. The normalized spacial score (nSPS) is 13.8. The average molecular weight is 437 g/mol. The summed E-state index contributed by atoms with van der Waals surface area (Å²) in [6, 6.07) is 17.6. The molecule has 0 saturated carbocycles. The molecular formula is C24H21ClN2O4. The molecule has 2 heterocycles. The van der Waals surface area contributed by atoms with Crippen LogP contribution < -0.4 is 10.1 Å². The second-order valence-electron chi connectivity index (χ2n) is 7.03. The Morgan fingerprint density at radius 1 is 1.03 bits per heavy atom. The Morgan fingerprint density at radius 2 is 1.84 bits per heavy atom. The van der Waals surface area contributed by atoms with Crippen LogP contribution in [-0.2, 0) is 16.1 Å². The van der Waals surface area contributed by atoms with Crippen molar-refractivity contribution in [3.63, 3.8) is 0 Å². The molecule has 0 saturated heterocycles. The molecule has 1 N–H and O–H groups in total. The Hall–Kier alpha value is -3.51. The minimum atomic E-state index is -0.425. The largest absolute Gasteiger partial charge is 0.494 e. The molecule has 0 spiro atoms. The summed E-state index contributed by atoms with van der Waals surface area (Å²) in [5, 5.41) is 3.68. The summed E-state index contributed by atoms with van der Waals surface area (Å²) in [6.45, 7) is 2.67. The zero-order valence-electron chi connectivity index (χ0n) is 16.9. The zero-order chi connectivity index (χ0) is 21.8. The molecule has 0 unspecified atom stereocenters. The van der Waals surface area contributed by atoms with E-state index < -0.39 is 11.8 Å². The molecule has 31 heavy (non-hydrogen) atoms. The number of ether oxygens (including phenoxy) is 1. The fourth-order valence-corrected chi connectivity index (χ4v) is 3.43. The second kappa shape index (κ2) is 9.10. The molecule has 1 aliphatic heterocycles. The average Bonchev–Trinajstić information content (AvgIpc) is 3.37. The quantitative estimate of drug-likeness (QED) is 0.496. The number of hydrogen-bond donors (Lipinski definition) is 1. The first-order chi connectivity index (χ1) is 15.1. The number of halogens is 1. The molecule has 0 fully saturated rings. The minimum absolute atomic E-state index is 0.0482. The predicted molar refractivity (Wildman–Crippen MR) is 118 cm³/mol. The molecule has 0 bridgehead atoms. The highest BCUT2D eigenvalue weighted by Crippen LogP contribution is 2.32. The van der Waals surface area contributed by atoms with Crippen LogP contribution in [0.25, 0.3) is 5.57 Å². The molecular weight excluding hydrogens is 416 g/mol. The van der Waals surface area contributed by atoms with Crippen LogP contribution >= 0.6 is 11.6 Å². The lowest BCUT2D eigenvalue weighted by molar-refractivity contribution is -0.137. The number of carbonyl (C=O) groups excluding carboxylic acids is 2. The Balaban J connectivity index is 1.70. The summed E-state index contributed by atoms with van der Waals surface area (Å²) >= 11 is 6.01. The SMILES string of the molecule is CCCOc1cccc(NC2=C(c3ccc(Cl)cc3)C(=O)N(Cc3ccco3)C2=O)c1. The van der Waals surface area contributed by atoms with Crippen LogP contribution in [0.5, 0.6) is 5.75 Å². The third-order valence-electron chi connectivity index (χ3n) is 4.77. The number of nitrogens with one attached hydrogen (secondary N) is 1. The van der Waals surface area contributed by atoms with Gasteiger partial charge < -0.3 is 14.5 Å². The van der Waals surface area contributed by atoms with Crippen molar-refractivity contribution in [1.29, 1.82) is 0 Å². The summed E-state index contributed by atoms with van der Waals surface area (Å²) in [6.07, 6.45) is 2.40. The smallest absolute Gasteiger partial charge is 0.278 e. The Morgan fingerprint density at radius 3 is 2.55 bits per heavy atom. The van der Waals surface area contributed by atoms with E-state index in [1.807, 2.05) is 25.1 Å². The minimum Gasteiger partial charge on any atom is -0.494 e. The predicted octanol–water partition coefficient (Wildman–Crippen LogP) is 5.11. The van der Waals surface area contributed by atoms with Gasteiger partial charge in [-0.1, -0.05) is 36.7 Å². The lowest BCUT2D eigenvalue weighted by Gasteiger charge is -2.14. The molecule has 3 aromatic rings. The molecule has 1 aromatic heterocycles. The third kappa shape index (κ3) is 4.49. The number of amides is 2. The summed E-state index contributed by atoms with van der Waals surface area (Å²) < 4.78 is 11.0. The van der Waals surface area contributed by atoms with Gasteiger partial charge in [0, 0.05) is 16.8 Å². The molecule has 0 atom stereocenters. The van der Waals surface area contributed by atoms with E-state index in [9.17, 15) is 9.59 Å². The van der Waals surface area contributed by atoms with Crippen LogP contribution in [0.2, 0.25) is 5.02 Å². The van der Waals surface area contributed by atoms with E-state index in [-0.39, 0.29) is 17.8 Å². The topological polar surface area (TPSA) is 71.8 Å². The van der Waals surface area contributed by atoms with E-state index in [4.69, 9.17) is 20.8 Å². The van der Waals surface area contributed by atoms with Gasteiger partial charge in [0.15, 0.2) is 0 Å². The van der Waals surface area contributed by atoms with Crippen molar-refractivity contribution in [2.45, 2.75) is 19.9 Å². The maximum atomic E-state index is 13.2. The molecule has 0 aliphatic carbocycles. The standard InChI is InChI=1S/C24H21ClN2O4/c1-2-12-30-19-6-3-5-18(14-19)26-22-21(16-8-10-17(25)11-9-16)23(28)27(24(22)29)15-20-7-4-13-31-20/h3-11,13-14,26H,2,12,15H2,1H3. The van der Waals surface area contributed by atoms with Gasteiger partial charge in [-0.05, 0) is 48.4 Å². The van der Waals surface area contributed by atoms with Gasteiger partial charge in [0.05, 0.1) is 25.0 Å². The van der Waals surface area contributed by atoms with E-state index in [0.29, 0.717) is 34.4 Å². The van der Waals surface area contributed by atoms with Gasteiger partial charge in [-0.3, -0.25) is 14.5 Å². The van der Waals surface area contributed by atoms with Gasteiger partial charge in [0.2, 0.25) is 0 Å². The van der Waals surface area contributed by atoms with E-state index in [1.165, 1.54) is 11.2 Å². The monoisotopic (exact) mass is 436 g/mol. The molecule has 2 aromatic carbocycles. The van der Waals surface area contributed by atoms with Crippen molar-refractivity contribution in [3.05, 3.63) is 89.0 Å². The number of anilines is 1. The van der Waals surface area contributed by atoms with Crippen molar-refractivity contribution in [2.75, 3.05) is 11.9 Å². The van der Waals surface area contributed by atoms with Gasteiger partial charge >= 0.3 is 0 Å². The van der Waals surface area contributed by atoms with Crippen molar-refractivity contribution >= 4 is 34.7 Å². The summed E-state index contributed by atoms with van der Waals surface area (Å²) in [7, 11) is 0. The third-order valence-corrected chi connectivity index (χ3v) is 5.02. The Labute approximate surface area is 185 Å². The molecule has 1 aliphatic rings. The first-order valence-corrected chi connectivity index (χ1v) is 10.3. The van der Waals surface area contributed by atoms with Crippen molar-refractivity contribution in [3.8, 4) is 5.75 Å². The van der Waals surface area contributed by atoms with Crippen molar-refractivity contribution in [2.24, 2.45) is 0 Å². The van der Waals surface area contributed by atoms with Crippen molar-refractivity contribution < 1.29 is 18.7 Å². The Bertz CT molecular complexity index is 1120. The number of benzene rings is 2. The highest BCUT2D eigenvalue weighted by atomic mass is 35.5. The number of nitrogens with zero attached hydrogens (tertiary/aromatic N) is 1. The fourth-order valence-electron chi connectivity index (χ4n) is 3.31. The number of hydrogen-bond acceptors (Lipinski definition) is 5. The highest BCUT2D eigenvalue weighted by molar-refractivity contribution is 6.36. The highest BCUT2D eigenvalue weighted by Gasteiger charge is 2.39. The van der Waals surface area contributed by atoms with E-state index in [0.717, 1.165) is 6.42 Å². The number of imide groups is 1. The maximum absolute atomic E-state index is 13.2. The van der Waals surface area contributed by atoms with Gasteiger partial charge in [-0.15, -0.1) is 0 Å². The number of rotatable bonds is 8. The fraction of sp³-hybridized carbons (Fsp3) is 0.167. The van der Waals surface area contributed by atoms with Crippen LogP contribution in [0.4, 0.5) is 5.69 Å². The summed E-state index contributed by atoms with van der Waals surface area (Å²) in [5.74, 6) is 0.383. The lowest BCUT2D eigenvalue weighted by Crippen LogP contribution is -2.31. The van der Waals surface area contributed by atoms with E-state index in [1.54, 1.807) is 42.5 Å². The zero-order valence-corrected chi connectivity index (χ0v) is 17.7. The summed E-state index contributed by atoms with van der Waals surface area (Å²) in [4.78, 5) is 27.7. The van der Waals surface area contributed by atoms with Crippen LogP contribution in [0.1, 0.15) is 24.7 Å². The van der Waals surface area contributed by atoms with Crippen molar-refractivity contribution in [1.82, 2.24) is 4.90 Å². The molecule has 4 rings (SSSR count). The summed E-state index contributed by atoms with van der Waals surface area (Å²) in [5.41, 5.74) is 1.74.